The highest BCUT2D eigenvalue weighted by Gasteiger charge is 2.18. The predicted octanol–water partition coefficient (Wildman–Crippen LogP) is 1.66. The second-order valence-corrected chi connectivity index (χ2v) is 7.20. The molecule has 3 heterocycles. The molecule has 0 fully saturated rings. The molecule has 1 aliphatic carbocycles. The summed E-state index contributed by atoms with van der Waals surface area (Å²) in [7, 11) is 0. The van der Waals surface area contributed by atoms with E-state index < -0.39 is 0 Å². The number of thiazole rings is 1. The normalized spacial score (nSPS) is 13.4. The number of fused-ring (bicyclic) bond motifs is 2. The number of aromatic nitrogens is 5. The van der Waals surface area contributed by atoms with Crippen molar-refractivity contribution in [3.05, 3.63) is 38.9 Å². The van der Waals surface area contributed by atoms with Gasteiger partial charge in [-0.2, -0.15) is 0 Å². The monoisotopic (exact) mass is 342 g/mol. The fourth-order valence-corrected chi connectivity index (χ4v) is 4.25. The van der Waals surface area contributed by atoms with E-state index in [0.29, 0.717) is 12.3 Å². The number of hydrogen-bond donors (Lipinski definition) is 1. The SMILES string of the molecule is Cc1cc(C)n2c(C(=O)NCCc3nc4c(s3)CCC4)nnc2n1. The number of carbonyl (C=O) groups excluding carboxylic acids is 1. The molecule has 0 aliphatic heterocycles. The van der Waals surface area contributed by atoms with Crippen molar-refractivity contribution in [2.24, 2.45) is 0 Å². The molecule has 0 bridgehead atoms. The standard InChI is InChI=1S/C16H18N6OS/c1-9-8-10(2)22-14(20-21-16(22)18-9)15(23)17-7-6-13-19-11-4-3-5-12(11)24-13/h8H,3-7H2,1-2H3,(H,17,23). The van der Waals surface area contributed by atoms with Gasteiger partial charge < -0.3 is 5.32 Å². The van der Waals surface area contributed by atoms with E-state index in [4.69, 9.17) is 0 Å². The highest BCUT2D eigenvalue weighted by molar-refractivity contribution is 7.11. The van der Waals surface area contributed by atoms with Crippen molar-refractivity contribution in [2.75, 3.05) is 6.54 Å². The molecule has 24 heavy (non-hydrogen) atoms. The third kappa shape index (κ3) is 2.66. The topological polar surface area (TPSA) is 85.1 Å². The van der Waals surface area contributed by atoms with Crippen LogP contribution in [-0.2, 0) is 19.3 Å². The van der Waals surface area contributed by atoms with Gasteiger partial charge >= 0.3 is 0 Å². The summed E-state index contributed by atoms with van der Waals surface area (Å²) in [5, 5.41) is 12.0. The molecule has 3 aromatic rings. The molecule has 0 spiro atoms. The molecule has 124 valence electrons. The zero-order chi connectivity index (χ0) is 16.7. The summed E-state index contributed by atoms with van der Waals surface area (Å²) in [6, 6.07) is 1.91. The summed E-state index contributed by atoms with van der Waals surface area (Å²) in [5.41, 5.74) is 3.00. The van der Waals surface area contributed by atoms with E-state index in [1.54, 1.807) is 15.7 Å². The second kappa shape index (κ2) is 5.94. The van der Waals surface area contributed by atoms with E-state index in [1.807, 2.05) is 19.9 Å². The van der Waals surface area contributed by atoms with Crippen LogP contribution in [0, 0.1) is 13.8 Å². The van der Waals surface area contributed by atoms with Crippen molar-refractivity contribution in [1.29, 1.82) is 0 Å². The second-order valence-electron chi connectivity index (χ2n) is 6.03. The maximum absolute atomic E-state index is 12.4. The van der Waals surface area contributed by atoms with Crippen molar-refractivity contribution in [3.8, 4) is 0 Å². The fourth-order valence-electron chi connectivity index (χ4n) is 3.09. The van der Waals surface area contributed by atoms with E-state index in [2.05, 4.69) is 25.5 Å². The van der Waals surface area contributed by atoms with Crippen LogP contribution in [0.3, 0.4) is 0 Å². The molecular formula is C16H18N6OS. The molecule has 4 rings (SSSR count). The number of carbonyl (C=O) groups is 1. The lowest BCUT2D eigenvalue weighted by atomic mass is 10.3. The Morgan fingerprint density at radius 1 is 1.29 bits per heavy atom. The first-order valence-corrected chi connectivity index (χ1v) is 8.88. The van der Waals surface area contributed by atoms with Gasteiger partial charge in [-0.25, -0.2) is 9.97 Å². The van der Waals surface area contributed by atoms with Gasteiger partial charge in [0.05, 0.1) is 10.7 Å². The molecule has 0 saturated heterocycles. The molecule has 0 unspecified atom stereocenters. The molecule has 1 N–H and O–H groups in total. The Bertz CT molecular complexity index is 907. The fraction of sp³-hybridized carbons (Fsp3) is 0.438. The van der Waals surface area contributed by atoms with Gasteiger partial charge in [0.15, 0.2) is 0 Å². The van der Waals surface area contributed by atoms with Crippen LogP contribution in [0.5, 0.6) is 0 Å². The Morgan fingerprint density at radius 2 is 2.17 bits per heavy atom. The first kappa shape index (κ1) is 15.2. The summed E-state index contributed by atoms with van der Waals surface area (Å²) in [6.45, 7) is 4.35. The number of amides is 1. The maximum Gasteiger partial charge on any atom is 0.289 e. The van der Waals surface area contributed by atoms with Gasteiger partial charge in [-0.05, 0) is 39.2 Å². The number of hydrogen-bond acceptors (Lipinski definition) is 6. The third-order valence-electron chi connectivity index (χ3n) is 4.16. The molecule has 8 heteroatoms. The van der Waals surface area contributed by atoms with Crippen molar-refractivity contribution < 1.29 is 4.79 Å². The molecule has 0 saturated carbocycles. The zero-order valence-corrected chi connectivity index (χ0v) is 14.5. The third-order valence-corrected chi connectivity index (χ3v) is 5.38. The zero-order valence-electron chi connectivity index (χ0n) is 13.7. The van der Waals surface area contributed by atoms with E-state index in [9.17, 15) is 4.79 Å². The molecule has 0 atom stereocenters. The lowest BCUT2D eigenvalue weighted by Crippen LogP contribution is -2.28. The quantitative estimate of drug-likeness (QED) is 0.779. The summed E-state index contributed by atoms with van der Waals surface area (Å²) < 4.78 is 1.68. The van der Waals surface area contributed by atoms with Crippen LogP contribution >= 0.6 is 11.3 Å². The van der Waals surface area contributed by atoms with Crippen LogP contribution in [0.1, 0.15) is 44.0 Å². The number of aryl methyl sites for hydroxylation is 4. The minimum atomic E-state index is -0.236. The highest BCUT2D eigenvalue weighted by atomic mass is 32.1. The van der Waals surface area contributed by atoms with Crippen LogP contribution < -0.4 is 5.32 Å². The predicted molar refractivity (Wildman–Crippen MR) is 90.4 cm³/mol. The molecule has 0 aromatic carbocycles. The molecule has 3 aromatic heterocycles. The molecule has 1 aliphatic rings. The van der Waals surface area contributed by atoms with Crippen LogP contribution in [0.4, 0.5) is 0 Å². The van der Waals surface area contributed by atoms with E-state index in [0.717, 1.165) is 35.7 Å². The molecule has 7 nitrogen and oxygen atoms in total. The lowest BCUT2D eigenvalue weighted by Gasteiger charge is -2.05. The minimum absolute atomic E-state index is 0.236. The maximum atomic E-state index is 12.4. The van der Waals surface area contributed by atoms with E-state index in [1.165, 1.54) is 17.0 Å². The molecule has 0 radical (unpaired) electrons. The first-order chi connectivity index (χ1) is 11.6. The van der Waals surface area contributed by atoms with Gasteiger partial charge in [0.2, 0.25) is 5.82 Å². The van der Waals surface area contributed by atoms with Crippen molar-refractivity contribution in [2.45, 2.75) is 39.5 Å². The van der Waals surface area contributed by atoms with Gasteiger partial charge in [0.25, 0.3) is 11.7 Å². The van der Waals surface area contributed by atoms with Gasteiger partial charge in [-0.15, -0.1) is 21.5 Å². The Kier molecular flexibility index (Phi) is 3.76. The number of nitrogens with zero attached hydrogens (tertiary/aromatic N) is 5. The van der Waals surface area contributed by atoms with Gasteiger partial charge in [0.1, 0.15) is 0 Å². The smallest absolute Gasteiger partial charge is 0.289 e. The first-order valence-electron chi connectivity index (χ1n) is 8.07. The van der Waals surface area contributed by atoms with Crippen molar-refractivity contribution in [3.63, 3.8) is 0 Å². The van der Waals surface area contributed by atoms with Crippen molar-refractivity contribution >= 4 is 23.0 Å². The van der Waals surface area contributed by atoms with Crippen LogP contribution in [-0.4, -0.2) is 37.0 Å². The Balaban J connectivity index is 1.44. The summed E-state index contributed by atoms with van der Waals surface area (Å²) in [6.07, 6.45) is 4.21. The van der Waals surface area contributed by atoms with E-state index >= 15 is 0 Å². The minimum Gasteiger partial charge on any atom is -0.349 e. The van der Waals surface area contributed by atoms with Crippen LogP contribution in [0.15, 0.2) is 6.07 Å². The highest BCUT2D eigenvalue weighted by Crippen LogP contribution is 2.27. The Labute approximate surface area is 143 Å². The Hall–Kier alpha value is -2.35. The lowest BCUT2D eigenvalue weighted by molar-refractivity contribution is 0.0942. The summed E-state index contributed by atoms with van der Waals surface area (Å²) in [5.74, 6) is 0.492. The van der Waals surface area contributed by atoms with Gasteiger partial charge in [0, 0.05) is 29.2 Å². The molecule has 1 amide bonds. The van der Waals surface area contributed by atoms with E-state index in [-0.39, 0.29) is 11.7 Å². The Morgan fingerprint density at radius 3 is 3.00 bits per heavy atom. The number of rotatable bonds is 4. The largest absolute Gasteiger partial charge is 0.349 e. The van der Waals surface area contributed by atoms with Gasteiger partial charge in [-0.1, -0.05) is 0 Å². The average molecular weight is 342 g/mol. The average Bonchev–Trinajstić information content (AvgIpc) is 3.20. The van der Waals surface area contributed by atoms with Gasteiger partial charge in [-0.3, -0.25) is 9.20 Å². The van der Waals surface area contributed by atoms with Crippen LogP contribution in [0.2, 0.25) is 0 Å². The van der Waals surface area contributed by atoms with Crippen LogP contribution in [0.25, 0.3) is 5.78 Å². The number of nitrogens with one attached hydrogen (secondary N) is 1. The summed E-state index contributed by atoms with van der Waals surface area (Å²) >= 11 is 1.77. The summed E-state index contributed by atoms with van der Waals surface area (Å²) in [4.78, 5) is 22.8. The van der Waals surface area contributed by atoms with Crippen molar-refractivity contribution in [1.82, 2.24) is 29.9 Å². The molecular weight excluding hydrogens is 324 g/mol.